The first-order chi connectivity index (χ1) is 18.6. The van der Waals surface area contributed by atoms with E-state index in [4.69, 9.17) is 0 Å². The van der Waals surface area contributed by atoms with Crippen molar-refractivity contribution in [2.45, 2.75) is 45.3 Å². The predicted octanol–water partition coefficient (Wildman–Crippen LogP) is 8.34. The molecule has 0 aliphatic rings. The fourth-order valence-corrected chi connectivity index (χ4v) is 4.84. The molecule has 0 saturated heterocycles. The van der Waals surface area contributed by atoms with E-state index < -0.39 is 18.4 Å². The number of aryl methyl sites for hydroxylation is 1. The first-order valence-electron chi connectivity index (χ1n) is 12.6. The molecule has 0 aromatic heterocycles. The third-order valence-electron chi connectivity index (χ3n) is 6.78. The van der Waals surface area contributed by atoms with E-state index in [1.54, 1.807) is 6.07 Å². The molecular formula is C32H30F3NO3. The van der Waals surface area contributed by atoms with Crippen LogP contribution in [-0.4, -0.2) is 22.3 Å². The Bertz CT molecular complexity index is 1390. The minimum Gasteiger partial charge on any atom is -0.481 e. The van der Waals surface area contributed by atoms with Crippen LogP contribution in [0.2, 0.25) is 0 Å². The zero-order chi connectivity index (χ0) is 28.0. The Morgan fingerprint density at radius 3 is 2.18 bits per heavy atom. The molecule has 0 aliphatic heterocycles. The molecule has 0 spiro atoms. The summed E-state index contributed by atoms with van der Waals surface area (Å²) in [6, 6.07) is 30.6. The smallest absolute Gasteiger partial charge is 0.481 e. The number of halogens is 3. The third-order valence-corrected chi connectivity index (χ3v) is 6.78. The van der Waals surface area contributed by atoms with Gasteiger partial charge < -0.3 is 9.84 Å². The van der Waals surface area contributed by atoms with Gasteiger partial charge in [-0.15, -0.1) is 13.2 Å². The molecule has 4 aromatic rings. The molecule has 39 heavy (non-hydrogen) atoms. The molecule has 4 rings (SSSR count). The van der Waals surface area contributed by atoms with Gasteiger partial charge in [0.05, 0.1) is 6.42 Å². The van der Waals surface area contributed by atoms with E-state index in [1.165, 1.54) is 18.2 Å². The predicted molar refractivity (Wildman–Crippen MR) is 145 cm³/mol. The van der Waals surface area contributed by atoms with Crippen LogP contribution in [0.1, 0.15) is 47.7 Å². The average molecular weight is 534 g/mol. The van der Waals surface area contributed by atoms with Crippen molar-refractivity contribution in [3.8, 4) is 16.9 Å². The summed E-state index contributed by atoms with van der Waals surface area (Å²) in [6.07, 6.45) is -4.95. The number of ether oxygens (including phenoxy) is 1. The van der Waals surface area contributed by atoms with Crippen LogP contribution in [0.15, 0.2) is 103 Å². The van der Waals surface area contributed by atoms with Crippen LogP contribution in [-0.2, 0) is 11.3 Å². The van der Waals surface area contributed by atoms with E-state index in [9.17, 15) is 23.1 Å². The van der Waals surface area contributed by atoms with Crippen molar-refractivity contribution in [2.24, 2.45) is 0 Å². The van der Waals surface area contributed by atoms with Crippen LogP contribution in [0.25, 0.3) is 11.1 Å². The molecular weight excluding hydrogens is 503 g/mol. The number of hydrogen-bond donors (Lipinski definition) is 1. The third kappa shape index (κ3) is 7.48. The van der Waals surface area contributed by atoms with E-state index in [2.05, 4.69) is 16.6 Å². The number of rotatable bonds is 10. The molecule has 4 nitrogen and oxygen atoms in total. The number of nitrogens with zero attached hydrogens (tertiary/aromatic N) is 1. The zero-order valence-corrected chi connectivity index (χ0v) is 21.7. The number of carboxylic acids is 1. The van der Waals surface area contributed by atoms with Gasteiger partial charge in [-0.3, -0.25) is 9.69 Å². The molecule has 2 atom stereocenters. The molecule has 0 amide bonds. The summed E-state index contributed by atoms with van der Waals surface area (Å²) in [5.41, 5.74) is 4.97. The van der Waals surface area contributed by atoms with Gasteiger partial charge in [0.15, 0.2) is 0 Å². The maximum absolute atomic E-state index is 12.8. The van der Waals surface area contributed by atoms with Crippen LogP contribution in [0.5, 0.6) is 5.75 Å². The fourth-order valence-electron chi connectivity index (χ4n) is 4.84. The SMILES string of the molecule is Cc1ccc([C@H](CC(=O)O)N(Cc2ccccc2)[C@H](C)c2ccccc2)cc1-c1cccc(OC(F)(F)F)c1. The summed E-state index contributed by atoms with van der Waals surface area (Å²) in [7, 11) is 0. The molecule has 0 bridgehead atoms. The lowest BCUT2D eigenvalue weighted by Gasteiger charge is -2.37. The zero-order valence-electron chi connectivity index (χ0n) is 21.7. The maximum atomic E-state index is 12.8. The molecule has 0 aliphatic carbocycles. The number of aliphatic carboxylic acids is 1. The largest absolute Gasteiger partial charge is 0.573 e. The van der Waals surface area contributed by atoms with Crippen molar-refractivity contribution < 1.29 is 27.8 Å². The number of hydrogen-bond acceptors (Lipinski definition) is 3. The maximum Gasteiger partial charge on any atom is 0.573 e. The van der Waals surface area contributed by atoms with Crippen molar-refractivity contribution in [1.29, 1.82) is 0 Å². The first-order valence-corrected chi connectivity index (χ1v) is 12.6. The number of benzene rings is 4. The van der Waals surface area contributed by atoms with Crippen molar-refractivity contribution in [1.82, 2.24) is 4.90 Å². The average Bonchev–Trinajstić information content (AvgIpc) is 2.91. The Kier molecular flexibility index (Phi) is 8.72. The van der Waals surface area contributed by atoms with Crippen molar-refractivity contribution in [2.75, 3.05) is 0 Å². The molecule has 0 fully saturated rings. The van der Waals surface area contributed by atoms with Crippen molar-refractivity contribution >= 4 is 5.97 Å². The van der Waals surface area contributed by atoms with Gasteiger partial charge in [-0.1, -0.05) is 84.9 Å². The van der Waals surface area contributed by atoms with Crippen LogP contribution in [0, 0.1) is 6.92 Å². The second kappa shape index (κ2) is 12.2. The highest BCUT2D eigenvalue weighted by Gasteiger charge is 2.31. The summed E-state index contributed by atoms with van der Waals surface area (Å²) in [5, 5.41) is 9.95. The first kappa shape index (κ1) is 27.9. The van der Waals surface area contributed by atoms with Gasteiger partial charge in [0.2, 0.25) is 0 Å². The van der Waals surface area contributed by atoms with Crippen LogP contribution >= 0.6 is 0 Å². The van der Waals surface area contributed by atoms with Gasteiger partial charge in [-0.25, -0.2) is 0 Å². The Morgan fingerprint density at radius 1 is 0.872 bits per heavy atom. The molecule has 202 valence electrons. The molecule has 7 heteroatoms. The summed E-state index contributed by atoms with van der Waals surface area (Å²) >= 11 is 0. The topological polar surface area (TPSA) is 49.8 Å². The lowest BCUT2D eigenvalue weighted by atomic mass is 9.92. The molecule has 0 heterocycles. The lowest BCUT2D eigenvalue weighted by Crippen LogP contribution is -2.32. The van der Waals surface area contributed by atoms with Crippen LogP contribution in [0.3, 0.4) is 0 Å². The Balaban J connectivity index is 1.79. The van der Waals surface area contributed by atoms with E-state index in [1.807, 2.05) is 85.8 Å². The summed E-state index contributed by atoms with van der Waals surface area (Å²) in [4.78, 5) is 14.3. The Morgan fingerprint density at radius 2 is 1.54 bits per heavy atom. The lowest BCUT2D eigenvalue weighted by molar-refractivity contribution is -0.274. The van der Waals surface area contributed by atoms with E-state index >= 15 is 0 Å². The van der Waals surface area contributed by atoms with Crippen molar-refractivity contribution in [3.05, 3.63) is 125 Å². The second-order valence-electron chi connectivity index (χ2n) is 9.51. The van der Waals surface area contributed by atoms with Gasteiger partial charge in [0, 0.05) is 18.6 Å². The van der Waals surface area contributed by atoms with E-state index in [0.717, 1.165) is 22.3 Å². The van der Waals surface area contributed by atoms with Crippen molar-refractivity contribution in [3.63, 3.8) is 0 Å². The van der Waals surface area contributed by atoms with Gasteiger partial charge >= 0.3 is 12.3 Å². The Labute approximate surface area is 226 Å². The minimum absolute atomic E-state index is 0.121. The summed E-state index contributed by atoms with van der Waals surface area (Å²) in [5.74, 6) is -1.25. The fraction of sp³-hybridized carbons (Fsp3) is 0.219. The summed E-state index contributed by atoms with van der Waals surface area (Å²) < 4.78 is 42.7. The number of carbonyl (C=O) groups is 1. The second-order valence-corrected chi connectivity index (χ2v) is 9.51. The van der Waals surface area contributed by atoms with Crippen LogP contribution in [0.4, 0.5) is 13.2 Å². The molecule has 4 aromatic carbocycles. The monoisotopic (exact) mass is 533 g/mol. The van der Waals surface area contributed by atoms with Gasteiger partial charge in [0.25, 0.3) is 0 Å². The van der Waals surface area contributed by atoms with Gasteiger partial charge in [-0.05, 0) is 65.4 Å². The number of carboxylic acid groups (broad SMARTS) is 1. The van der Waals surface area contributed by atoms with E-state index in [-0.39, 0.29) is 18.2 Å². The summed E-state index contributed by atoms with van der Waals surface area (Å²) in [6.45, 7) is 4.43. The number of alkyl halides is 3. The standard InChI is InChI=1S/C32H30F3NO3/c1-22-16-17-27(19-29(22)26-14-9-15-28(18-26)39-32(33,34)35)30(20-31(37)38)36(21-24-10-5-3-6-11-24)23(2)25-12-7-4-8-13-25/h3-19,23,30H,20-21H2,1-2H3,(H,37,38)/t23-,30+/m1/s1. The normalized spacial score (nSPS) is 13.2. The minimum atomic E-state index is -4.80. The highest BCUT2D eigenvalue weighted by atomic mass is 19.4. The van der Waals surface area contributed by atoms with Crippen LogP contribution < -0.4 is 4.74 Å². The highest BCUT2D eigenvalue weighted by Crippen LogP contribution is 2.38. The Hall–Kier alpha value is -4.10. The van der Waals surface area contributed by atoms with Gasteiger partial charge in [0.1, 0.15) is 5.75 Å². The quantitative estimate of drug-likeness (QED) is 0.223. The van der Waals surface area contributed by atoms with Gasteiger partial charge in [-0.2, -0.15) is 0 Å². The molecule has 0 saturated carbocycles. The molecule has 1 N–H and O–H groups in total. The van der Waals surface area contributed by atoms with E-state index in [0.29, 0.717) is 17.7 Å². The highest BCUT2D eigenvalue weighted by molar-refractivity contribution is 5.71. The molecule has 0 radical (unpaired) electrons. The molecule has 0 unspecified atom stereocenters.